The van der Waals surface area contributed by atoms with Crippen LogP contribution in [-0.4, -0.2) is 40.2 Å². The van der Waals surface area contributed by atoms with Gasteiger partial charge in [0.1, 0.15) is 5.78 Å². The van der Waals surface area contributed by atoms with Gasteiger partial charge in [0.05, 0.1) is 17.7 Å². The van der Waals surface area contributed by atoms with Gasteiger partial charge in [-0.2, -0.15) is 0 Å². The van der Waals surface area contributed by atoms with Crippen LogP contribution in [-0.2, 0) is 16.1 Å². The third-order valence-corrected chi connectivity index (χ3v) is 6.26. The second-order valence-corrected chi connectivity index (χ2v) is 8.55. The number of Topliss-reactive ketones (excluding diaryl/α,β-unsaturated/α-hetero) is 4. The number of hydrogen-bond donors (Lipinski definition) is 3. The molecule has 0 bridgehead atoms. The Balaban J connectivity index is 1.51. The zero-order chi connectivity index (χ0) is 25.1. The number of anilines is 1. The minimum atomic E-state index is -0.783. The number of thiocarbonyl (C=S) groups is 1. The van der Waals surface area contributed by atoms with Gasteiger partial charge in [0.25, 0.3) is 0 Å². The maximum atomic E-state index is 13.2. The van der Waals surface area contributed by atoms with Gasteiger partial charge >= 0.3 is 6.03 Å². The molecule has 3 N–H and O–H groups in total. The van der Waals surface area contributed by atoms with Crippen molar-refractivity contribution < 1.29 is 24.0 Å². The van der Waals surface area contributed by atoms with E-state index in [0.29, 0.717) is 11.3 Å². The number of rotatable bonds is 5. The smallest absolute Gasteiger partial charge is 0.319 e. The van der Waals surface area contributed by atoms with Crippen molar-refractivity contribution in [3.8, 4) is 0 Å². The predicted octanol–water partition coefficient (Wildman–Crippen LogP) is 3.62. The lowest BCUT2D eigenvalue weighted by Crippen LogP contribution is -2.28. The molecular formula is C26H21N3O5S. The van der Waals surface area contributed by atoms with Crippen molar-refractivity contribution in [1.29, 1.82) is 5.41 Å². The number of carbonyl (C=O) groups is 5. The van der Waals surface area contributed by atoms with E-state index in [0.717, 1.165) is 5.56 Å². The second-order valence-electron chi connectivity index (χ2n) is 8.32. The highest BCUT2D eigenvalue weighted by atomic mass is 32.1. The molecular weight excluding hydrogens is 466 g/mol. The highest BCUT2D eigenvalue weighted by Gasteiger charge is 2.37. The first kappa shape index (κ1) is 24.0. The van der Waals surface area contributed by atoms with Crippen LogP contribution < -0.4 is 10.6 Å². The molecule has 0 aliphatic heterocycles. The molecule has 2 amide bonds. The summed E-state index contributed by atoms with van der Waals surface area (Å²) in [6.45, 7) is 0.00217. The summed E-state index contributed by atoms with van der Waals surface area (Å²) in [7, 11) is 0. The molecule has 1 unspecified atom stereocenters. The van der Waals surface area contributed by atoms with Gasteiger partial charge in [-0.05, 0) is 29.7 Å². The molecule has 4 rings (SSSR count). The zero-order valence-electron chi connectivity index (χ0n) is 18.6. The normalized spacial score (nSPS) is 18.9. The fraction of sp³-hybridized carbons (Fsp3) is 0.192. The van der Waals surface area contributed by atoms with E-state index in [4.69, 9.17) is 17.6 Å². The Morgan fingerprint density at radius 2 is 1.86 bits per heavy atom. The molecule has 0 radical (unpaired) electrons. The number of allylic oxidation sites excluding steroid dienone is 2. The van der Waals surface area contributed by atoms with Crippen molar-refractivity contribution in [2.75, 3.05) is 5.32 Å². The Labute approximate surface area is 206 Å². The summed E-state index contributed by atoms with van der Waals surface area (Å²) in [5, 5.41) is 14.5. The Kier molecular flexibility index (Phi) is 6.88. The molecule has 2 aliphatic carbocycles. The Hall–Kier alpha value is -4.11. The Morgan fingerprint density at radius 3 is 2.63 bits per heavy atom. The molecule has 0 heterocycles. The zero-order valence-corrected chi connectivity index (χ0v) is 19.4. The van der Waals surface area contributed by atoms with Crippen LogP contribution in [0.4, 0.5) is 10.5 Å². The standard InChI is InChI=1S/C26H21N3O5S/c27-20-11-22(31)15(7-8-21(20)30)10-19-24(32)18-6-2-4-16(23(18)25(19)33)12-28-26(34)29-17-5-1-3-14(9-17)13-35/h1-6,9-10,13,15,27H,7-8,11-12H2,(H2,28,29,34). The van der Waals surface area contributed by atoms with Gasteiger partial charge in [-0.15, -0.1) is 0 Å². The summed E-state index contributed by atoms with van der Waals surface area (Å²) in [5.74, 6) is -2.55. The fourth-order valence-corrected chi connectivity index (χ4v) is 4.31. The monoisotopic (exact) mass is 487 g/mol. The van der Waals surface area contributed by atoms with Crippen molar-refractivity contribution in [1.82, 2.24) is 5.32 Å². The van der Waals surface area contributed by atoms with Crippen molar-refractivity contribution in [3.05, 3.63) is 76.4 Å². The molecule has 0 aromatic heterocycles. The first-order valence-electron chi connectivity index (χ1n) is 10.9. The largest absolute Gasteiger partial charge is 0.334 e. The van der Waals surface area contributed by atoms with Crippen LogP contribution in [0.1, 0.15) is 51.1 Å². The van der Waals surface area contributed by atoms with Crippen molar-refractivity contribution in [3.63, 3.8) is 0 Å². The van der Waals surface area contributed by atoms with Gasteiger partial charge in [0.2, 0.25) is 0 Å². The lowest BCUT2D eigenvalue weighted by atomic mass is 9.94. The summed E-state index contributed by atoms with van der Waals surface area (Å²) in [5.41, 5.74) is 1.83. The molecule has 1 saturated carbocycles. The Bertz CT molecular complexity index is 1340. The van der Waals surface area contributed by atoms with E-state index < -0.39 is 29.3 Å². The number of hydrogen-bond acceptors (Lipinski definition) is 7. The lowest BCUT2D eigenvalue weighted by molar-refractivity contribution is -0.120. The maximum Gasteiger partial charge on any atom is 0.319 e. The first-order chi connectivity index (χ1) is 16.8. The SMILES string of the molecule is N=C1CC(=O)C(C=C2C(=O)c3cccc(CNC(=O)Nc4cccc(C=S)c4)c3C2=O)CCC1=O. The number of urea groups is 1. The summed E-state index contributed by atoms with van der Waals surface area (Å²) < 4.78 is 0. The number of benzene rings is 2. The van der Waals surface area contributed by atoms with E-state index in [1.54, 1.807) is 30.3 Å². The number of fused-ring (bicyclic) bond motifs is 1. The molecule has 35 heavy (non-hydrogen) atoms. The van der Waals surface area contributed by atoms with Crippen LogP contribution in [0.3, 0.4) is 0 Å². The van der Waals surface area contributed by atoms with E-state index in [1.165, 1.54) is 17.5 Å². The van der Waals surface area contributed by atoms with Crippen molar-refractivity contribution in [2.24, 2.45) is 5.92 Å². The topological polar surface area (TPSA) is 133 Å². The average Bonchev–Trinajstić information content (AvgIpc) is 3.02. The number of nitrogens with one attached hydrogen (secondary N) is 3. The second kappa shape index (κ2) is 10.0. The minimum Gasteiger partial charge on any atom is -0.334 e. The van der Waals surface area contributed by atoms with Gasteiger partial charge < -0.3 is 16.0 Å². The highest BCUT2D eigenvalue weighted by Crippen LogP contribution is 2.31. The predicted molar refractivity (Wildman–Crippen MR) is 133 cm³/mol. The molecule has 0 spiro atoms. The van der Waals surface area contributed by atoms with Crippen LogP contribution in [0.2, 0.25) is 0 Å². The van der Waals surface area contributed by atoms with Crippen molar-refractivity contribution >= 4 is 58.1 Å². The van der Waals surface area contributed by atoms with E-state index in [2.05, 4.69) is 10.6 Å². The minimum absolute atomic E-state index is 0.00217. The highest BCUT2D eigenvalue weighted by molar-refractivity contribution is 7.79. The first-order valence-corrected chi connectivity index (χ1v) is 11.4. The number of carbonyl (C=O) groups excluding carboxylic acids is 5. The summed E-state index contributed by atoms with van der Waals surface area (Å²) >= 11 is 4.90. The van der Waals surface area contributed by atoms with Gasteiger partial charge in [-0.1, -0.05) is 48.6 Å². The summed E-state index contributed by atoms with van der Waals surface area (Å²) in [6, 6.07) is 11.3. The molecule has 1 atom stereocenters. The third kappa shape index (κ3) is 5.04. The molecule has 8 nitrogen and oxygen atoms in total. The molecule has 1 fully saturated rings. The van der Waals surface area contributed by atoms with Gasteiger partial charge in [-0.3, -0.25) is 19.2 Å². The van der Waals surface area contributed by atoms with Crippen molar-refractivity contribution in [2.45, 2.75) is 25.8 Å². The van der Waals surface area contributed by atoms with E-state index in [-0.39, 0.29) is 54.0 Å². The third-order valence-electron chi connectivity index (χ3n) is 5.98. The maximum absolute atomic E-state index is 13.2. The number of ketones is 4. The van der Waals surface area contributed by atoms with Gasteiger partial charge in [0, 0.05) is 41.1 Å². The molecule has 2 aliphatic rings. The molecule has 176 valence electrons. The van der Waals surface area contributed by atoms with Gasteiger partial charge in [0.15, 0.2) is 17.3 Å². The fourth-order valence-electron chi connectivity index (χ4n) is 4.16. The van der Waals surface area contributed by atoms with Crippen LogP contribution in [0.5, 0.6) is 0 Å². The quantitative estimate of drug-likeness (QED) is 0.255. The van der Waals surface area contributed by atoms with Crippen LogP contribution in [0, 0.1) is 11.3 Å². The summed E-state index contributed by atoms with van der Waals surface area (Å²) in [4.78, 5) is 62.8. The molecule has 2 aromatic rings. The van der Waals surface area contributed by atoms with Crippen LogP contribution in [0.25, 0.3) is 0 Å². The number of amides is 2. The average molecular weight is 488 g/mol. The van der Waals surface area contributed by atoms with Gasteiger partial charge in [-0.25, -0.2) is 4.79 Å². The molecule has 2 aromatic carbocycles. The molecule has 0 saturated heterocycles. The van der Waals surface area contributed by atoms with E-state index in [9.17, 15) is 24.0 Å². The van der Waals surface area contributed by atoms with Crippen LogP contribution in [0.15, 0.2) is 54.1 Å². The lowest BCUT2D eigenvalue weighted by Gasteiger charge is -2.10. The molecule has 9 heteroatoms. The van der Waals surface area contributed by atoms with E-state index in [1.807, 2.05) is 6.07 Å². The van der Waals surface area contributed by atoms with E-state index >= 15 is 0 Å². The van der Waals surface area contributed by atoms with Crippen LogP contribution >= 0.6 is 12.2 Å². The summed E-state index contributed by atoms with van der Waals surface area (Å²) in [6.07, 6.45) is 1.21. The Morgan fingerprint density at radius 1 is 1.09 bits per heavy atom.